The summed E-state index contributed by atoms with van der Waals surface area (Å²) >= 11 is 0. The predicted molar refractivity (Wildman–Crippen MR) is 74.0 cm³/mol. The van der Waals surface area contributed by atoms with Gasteiger partial charge in [0.1, 0.15) is 5.82 Å². The Labute approximate surface area is 113 Å². The van der Waals surface area contributed by atoms with Crippen LogP contribution in [0.2, 0.25) is 0 Å². The van der Waals surface area contributed by atoms with Gasteiger partial charge in [0.15, 0.2) is 5.65 Å². The lowest BCUT2D eigenvalue weighted by Crippen LogP contribution is -2.35. The Balaban J connectivity index is 1.99. The molecular formula is C12H21N7. The van der Waals surface area contributed by atoms with E-state index in [9.17, 15) is 0 Å². The molecule has 0 aliphatic heterocycles. The summed E-state index contributed by atoms with van der Waals surface area (Å²) in [5, 5.41) is 18.8. The first-order chi connectivity index (χ1) is 9.06. The van der Waals surface area contributed by atoms with Gasteiger partial charge < -0.3 is 10.2 Å². The molecule has 0 aliphatic carbocycles. The zero-order valence-electron chi connectivity index (χ0n) is 11.9. The third-order valence-corrected chi connectivity index (χ3v) is 3.06. The SMILES string of the molecule is CC(C)CC(CNc1ccc2nnnn2n1)N(C)C. The van der Waals surface area contributed by atoms with Crippen molar-refractivity contribution in [1.29, 1.82) is 0 Å². The number of nitrogens with zero attached hydrogens (tertiary/aromatic N) is 6. The maximum atomic E-state index is 4.30. The number of fused-ring (bicyclic) bond motifs is 1. The van der Waals surface area contributed by atoms with E-state index in [1.165, 1.54) is 4.63 Å². The summed E-state index contributed by atoms with van der Waals surface area (Å²) in [5.74, 6) is 1.46. The molecule has 1 unspecified atom stereocenters. The van der Waals surface area contributed by atoms with Crippen molar-refractivity contribution in [1.82, 2.24) is 30.2 Å². The van der Waals surface area contributed by atoms with Gasteiger partial charge in [0, 0.05) is 12.6 Å². The molecule has 7 nitrogen and oxygen atoms in total. The summed E-state index contributed by atoms with van der Waals surface area (Å²) in [5.41, 5.74) is 0.650. The minimum atomic E-state index is 0.478. The Hall–Kier alpha value is -1.76. The fourth-order valence-electron chi connectivity index (χ4n) is 1.99. The molecule has 104 valence electrons. The molecule has 0 radical (unpaired) electrons. The molecular weight excluding hydrogens is 242 g/mol. The molecule has 0 saturated heterocycles. The van der Waals surface area contributed by atoms with Gasteiger partial charge in [-0.2, -0.15) is 0 Å². The van der Waals surface area contributed by atoms with Crippen LogP contribution >= 0.6 is 0 Å². The van der Waals surface area contributed by atoms with E-state index in [0.29, 0.717) is 17.6 Å². The Morgan fingerprint density at radius 2 is 2.11 bits per heavy atom. The highest BCUT2D eigenvalue weighted by molar-refractivity contribution is 5.42. The zero-order valence-corrected chi connectivity index (χ0v) is 11.9. The molecule has 0 aromatic carbocycles. The van der Waals surface area contributed by atoms with Crippen molar-refractivity contribution < 1.29 is 0 Å². The summed E-state index contributed by atoms with van der Waals surface area (Å²) in [7, 11) is 4.21. The average Bonchev–Trinajstić information content (AvgIpc) is 2.80. The number of nitrogens with one attached hydrogen (secondary N) is 1. The maximum Gasteiger partial charge on any atom is 0.200 e. The molecule has 1 N–H and O–H groups in total. The topological polar surface area (TPSA) is 71.2 Å². The van der Waals surface area contributed by atoms with E-state index in [1.54, 1.807) is 0 Å². The summed E-state index contributed by atoms with van der Waals surface area (Å²) in [6.07, 6.45) is 1.15. The lowest BCUT2D eigenvalue weighted by molar-refractivity contribution is 0.265. The molecule has 7 heteroatoms. The van der Waals surface area contributed by atoms with Crippen LogP contribution in [0.3, 0.4) is 0 Å². The predicted octanol–water partition coefficient (Wildman–Crippen LogP) is 0.907. The summed E-state index contributed by atoms with van der Waals surface area (Å²) < 4.78 is 1.43. The Bertz CT molecular complexity index is 520. The second kappa shape index (κ2) is 5.92. The van der Waals surface area contributed by atoms with Gasteiger partial charge in [-0.3, -0.25) is 0 Å². The van der Waals surface area contributed by atoms with E-state index >= 15 is 0 Å². The fourth-order valence-corrected chi connectivity index (χ4v) is 1.99. The van der Waals surface area contributed by atoms with Crippen molar-refractivity contribution in [3.8, 4) is 0 Å². The van der Waals surface area contributed by atoms with Gasteiger partial charge in [0.2, 0.25) is 0 Å². The van der Waals surface area contributed by atoms with Gasteiger partial charge in [-0.05, 0) is 49.0 Å². The van der Waals surface area contributed by atoms with Crippen molar-refractivity contribution in [3.05, 3.63) is 12.1 Å². The van der Waals surface area contributed by atoms with Gasteiger partial charge in [-0.1, -0.05) is 13.8 Å². The molecule has 19 heavy (non-hydrogen) atoms. The van der Waals surface area contributed by atoms with Crippen LogP contribution in [0.25, 0.3) is 5.65 Å². The molecule has 2 heterocycles. The Kier molecular flexibility index (Phi) is 4.26. The minimum Gasteiger partial charge on any atom is -0.367 e. The number of rotatable bonds is 6. The number of likely N-dealkylation sites (N-methyl/N-ethyl adjacent to an activating group) is 1. The first-order valence-corrected chi connectivity index (χ1v) is 6.52. The van der Waals surface area contributed by atoms with Crippen LogP contribution in [0.15, 0.2) is 12.1 Å². The normalized spacial score (nSPS) is 13.4. The van der Waals surface area contributed by atoms with E-state index in [1.807, 2.05) is 12.1 Å². The third kappa shape index (κ3) is 3.60. The Morgan fingerprint density at radius 3 is 2.79 bits per heavy atom. The van der Waals surface area contributed by atoms with Crippen molar-refractivity contribution in [2.24, 2.45) is 5.92 Å². The summed E-state index contributed by atoms with van der Waals surface area (Å²) in [6.45, 7) is 5.33. The van der Waals surface area contributed by atoms with Gasteiger partial charge in [0.25, 0.3) is 0 Å². The molecule has 0 spiro atoms. The standard InChI is InChI=1S/C12H21N7/c1-9(2)7-10(18(3)4)8-13-11-5-6-12-14-16-17-19(12)15-11/h5-6,9-10H,7-8H2,1-4H3,(H,13,15). The van der Waals surface area contributed by atoms with Gasteiger partial charge in [-0.15, -0.1) is 14.8 Å². The van der Waals surface area contributed by atoms with Crippen molar-refractivity contribution >= 4 is 11.5 Å². The van der Waals surface area contributed by atoms with Crippen LogP contribution in [-0.2, 0) is 0 Å². The number of tetrazole rings is 1. The molecule has 2 rings (SSSR count). The fraction of sp³-hybridized carbons (Fsp3) is 0.667. The third-order valence-electron chi connectivity index (χ3n) is 3.06. The lowest BCUT2D eigenvalue weighted by Gasteiger charge is -2.26. The van der Waals surface area contributed by atoms with Gasteiger partial charge in [-0.25, -0.2) is 0 Å². The van der Waals surface area contributed by atoms with Crippen LogP contribution in [0, 0.1) is 5.92 Å². The highest BCUT2D eigenvalue weighted by Crippen LogP contribution is 2.10. The van der Waals surface area contributed by atoms with Crippen LogP contribution in [0.4, 0.5) is 5.82 Å². The lowest BCUT2D eigenvalue weighted by atomic mass is 10.0. The van der Waals surface area contributed by atoms with Crippen LogP contribution in [0.1, 0.15) is 20.3 Å². The Morgan fingerprint density at radius 1 is 1.32 bits per heavy atom. The summed E-state index contributed by atoms with van der Waals surface area (Å²) in [4.78, 5) is 2.24. The largest absolute Gasteiger partial charge is 0.367 e. The molecule has 1 atom stereocenters. The quantitative estimate of drug-likeness (QED) is 0.835. The molecule has 0 saturated carbocycles. The van der Waals surface area contributed by atoms with Crippen LogP contribution < -0.4 is 5.32 Å². The van der Waals surface area contributed by atoms with E-state index in [0.717, 1.165) is 18.8 Å². The molecule has 0 amide bonds. The van der Waals surface area contributed by atoms with Crippen LogP contribution in [0.5, 0.6) is 0 Å². The number of hydrogen-bond acceptors (Lipinski definition) is 6. The second-order valence-corrected chi connectivity index (χ2v) is 5.37. The molecule has 0 aliphatic rings. The maximum absolute atomic E-state index is 4.30. The van der Waals surface area contributed by atoms with Crippen molar-refractivity contribution in [2.75, 3.05) is 26.0 Å². The van der Waals surface area contributed by atoms with Gasteiger partial charge in [0.05, 0.1) is 0 Å². The van der Waals surface area contributed by atoms with E-state index in [4.69, 9.17) is 0 Å². The van der Waals surface area contributed by atoms with E-state index in [2.05, 4.69) is 58.8 Å². The van der Waals surface area contributed by atoms with Gasteiger partial charge >= 0.3 is 0 Å². The highest BCUT2D eigenvalue weighted by Gasteiger charge is 2.13. The monoisotopic (exact) mass is 263 g/mol. The molecule has 0 bridgehead atoms. The molecule has 0 fully saturated rings. The first kappa shape index (κ1) is 13.7. The van der Waals surface area contributed by atoms with Crippen molar-refractivity contribution in [2.45, 2.75) is 26.3 Å². The van der Waals surface area contributed by atoms with E-state index in [-0.39, 0.29) is 0 Å². The smallest absolute Gasteiger partial charge is 0.200 e. The first-order valence-electron chi connectivity index (χ1n) is 6.52. The molecule has 2 aromatic rings. The number of anilines is 1. The second-order valence-electron chi connectivity index (χ2n) is 5.37. The number of hydrogen-bond donors (Lipinski definition) is 1. The zero-order chi connectivity index (χ0) is 13.8. The average molecular weight is 263 g/mol. The number of aromatic nitrogens is 5. The van der Waals surface area contributed by atoms with Crippen molar-refractivity contribution in [3.63, 3.8) is 0 Å². The minimum absolute atomic E-state index is 0.478. The summed E-state index contributed by atoms with van der Waals surface area (Å²) in [6, 6.07) is 4.22. The highest BCUT2D eigenvalue weighted by atomic mass is 15.6. The molecule has 2 aromatic heterocycles. The van der Waals surface area contributed by atoms with E-state index < -0.39 is 0 Å². The van der Waals surface area contributed by atoms with Crippen LogP contribution in [-0.4, -0.2) is 56.8 Å².